The summed E-state index contributed by atoms with van der Waals surface area (Å²) in [5, 5.41) is 0. The average Bonchev–Trinajstić information content (AvgIpc) is 2.23. The molecular formula is C12H24O3. The lowest BCUT2D eigenvalue weighted by atomic mass is 10.2. The molecule has 0 aromatic heterocycles. The first-order chi connectivity index (χ1) is 7.22. The molecule has 0 radical (unpaired) electrons. The highest BCUT2D eigenvalue weighted by Gasteiger charge is 2.13. The second-order valence-corrected chi connectivity index (χ2v) is 3.79. The molecule has 1 unspecified atom stereocenters. The van der Waals surface area contributed by atoms with Crippen LogP contribution in [-0.2, 0) is 14.3 Å². The molecule has 0 amide bonds. The first-order valence-corrected chi connectivity index (χ1v) is 5.96. The lowest BCUT2D eigenvalue weighted by molar-refractivity contribution is -0.149. The largest absolute Gasteiger partial charge is 0.466 e. The molecule has 0 aromatic rings. The van der Waals surface area contributed by atoms with Crippen LogP contribution in [0.25, 0.3) is 0 Å². The summed E-state index contributed by atoms with van der Waals surface area (Å²) in [6, 6.07) is 0. The van der Waals surface area contributed by atoms with E-state index in [0.717, 1.165) is 13.0 Å². The van der Waals surface area contributed by atoms with E-state index in [0.29, 0.717) is 13.2 Å². The van der Waals surface area contributed by atoms with Crippen molar-refractivity contribution in [1.82, 2.24) is 0 Å². The van der Waals surface area contributed by atoms with Gasteiger partial charge in [-0.2, -0.15) is 0 Å². The summed E-state index contributed by atoms with van der Waals surface area (Å²) in [6.45, 7) is 7.51. The zero-order valence-electron chi connectivity index (χ0n) is 10.3. The molecule has 0 aliphatic carbocycles. The first kappa shape index (κ1) is 14.4. The minimum atomic E-state index is -0.161. The van der Waals surface area contributed by atoms with Crippen molar-refractivity contribution in [3.05, 3.63) is 0 Å². The Morgan fingerprint density at radius 1 is 1.20 bits per heavy atom. The van der Waals surface area contributed by atoms with Gasteiger partial charge in [-0.1, -0.05) is 26.2 Å². The Morgan fingerprint density at radius 2 is 1.93 bits per heavy atom. The van der Waals surface area contributed by atoms with Crippen LogP contribution >= 0.6 is 0 Å². The van der Waals surface area contributed by atoms with Crippen molar-refractivity contribution in [3.63, 3.8) is 0 Å². The molecule has 1 atom stereocenters. The summed E-state index contributed by atoms with van der Waals surface area (Å²) >= 11 is 0. The Hall–Kier alpha value is -0.570. The van der Waals surface area contributed by atoms with E-state index in [4.69, 9.17) is 9.47 Å². The predicted molar refractivity (Wildman–Crippen MR) is 60.8 cm³/mol. The van der Waals surface area contributed by atoms with Crippen LogP contribution in [0.4, 0.5) is 0 Å². The molecule has 0 bridgehead atoms. The second kappa shape index (κ2) is 9.97. The summed E-state index contributed by atoms with van der Waals surface area (Å²) in [5.41, 5.74) is 0. The molecule has 0 saturated heterocycles. The zero-order valence-corrected chi connectivity index (χ0v) is 10.3. The van der Waals surface area contributed by atoms with Gasteiger partial charge in [-0.05, 0) is 20.3 Å². The number of ether oxygens (including phenoxy) is 2. The molecule has 0 fully saturated rings. The molecule has 0 N–H and O–H groups in total. The predicted octanol–water partition coefficient (Wildman–Crippen LogP) is 2.78. The summed E-state index contributed by atoms with van der Waals surface area (Å²) < 4.78 is 10.3. The monoisotopic (exact) mass is 216 g/mol. The van der Waals surface area contributed by atoms with Gasteiger partial charge < -0.3 is 9.47 Å². The van der Waals surface area contributed by atoms with Gasteiger partial charge in [-0.15, -0.1) is 0 Å². The first-order valence-electron chi connectivity index (χ1n) is 5.96. The smallest absolute Gasteiger partial charge is 0.310 e. The maximum atomic E-state index is 11.2. The average molecular weight is 216 g/mol. The molecule has 90 valence electrons. The fraction of sp³-hybridized carbons (Fsp3) is 0.917. The number of esters is 1. The topological polar surface area (TPSA) is 35.5 Å². The Kier molecular flexibility index (Phi) is 9.59. The Balaban J connectivity index is 3.30. The van der Waals surface area contributed by atoms with Crippen LogP contribution in [0, 0.1) is 5.92 Å². The number of carbonyl (C=O) groups is 1. The van der Waals surface area contributed by atoms with Crippen LogP contribution < -0.4 is 0 Å². The summed E-state index contributed by atoms with van der Waals surface area (Å²) in [4.78, 5) is 11.2. The molecule has 0 aliphatic rings. The SMILES string of the molecule is CCCCCCOCC(C)C(=O)OCC. The minimum absolute atomic E-state index is 0.142. The summed E-state index contributed by atoms with van der Waals surface area (Å²) in [6.07, 6.45) is 4.80. The number of hydrogen-bond acceptors (Lipinski definition) is 3. The number of unbranched alkanes of at least 4 members (excludes halogenated alkanes) is 3. The minimum Gasteiger partial charge on any atom is -0.466 e. The highest BCUT2D eigenvalue weighted by atomic mass is 16.5. The molecule has 15 heavy (non-hydrogen) atoms. The maximum Gasteiger partial charge on any atom is 0.310 e. The van der Waals surface area contributed by atoms with Crippen LogP contribution in [0.3, 0.4) is 0 Å². The number of rotatable bonds is 9. The normalized spacial score (nSPS) is 12.5. The van der Waals surface area contributed by atoms with Crippen molar-refractivity contribution in [2.45, 2.75) is 46.5 Å². The van der Waals surface area contributed by atoms with Crippen LogP contribution in [0.5, 0.6) is 0 Å². The maximum absolute atomic E-state index is 11.2. The molecular weight excluding hydrogens is 192 g/mol. The fourth-order valence-electron chi connectivity index (χ4n) is 1.24. The van der Waals surface area contributed by atoms with Gasteiger partial charge in [0.2, 0.25) is 0 Å². The van der Waals surface area contributed by atoms with Gasteiger partial charge in [-0.3, -0.25) is 4.79 Å². The van der Waals surface area contributed by atoms with Crippen molar-refractivity contribution in [2.75, 3.05) is 19.8 Å². The standard InChI is InChI=1S/C12H24O3/c1-4-6-7-8-9-14-10-11(3)12(13)15-5-2/h11H,4-10H2,1-3H3. The van der Waals surface area contributed by atoms with Crippen LogP contribution in [0.2, 0.25) is 0 Å². The van der Waals surface area contributed by atoms with E-state index in [1.54, 1.807) is 0 Å². The van der Waals surface area contributed by atoms with Gasteiger partial charge in [0.1, 0.15) is 0 Å². The highest BCUT2D eigenvalue weighted by molar-refractivity contribution is 5.72. The quantitative estimate of drug-likeness (QED) is 0.439. The molecule has 0 saturated carbocycles. The van der Waals surface area contributed by atoms with Gasteiger partial charge in [0.15, 0.2) is 0 Å². The van der Waals surface area contributed by atoms with Gasteiger partial charge in [0.05, 0.1) is 19.1 Å². The molecule has 0 spiro atoms. The van der Waals surface area contributed by atoms with Crippen molar-refractivity contribution >= 4 is 5.97 Å². The van der Waals surface area contributed by atoms with E-state index in [1.165, 1.54) is 19.3 Å². The van der Waals surface area contributed by atoms with Gasteiger partial charge in [0, 0.05) is 6.61 Å². The third-order valence-corrected chi connectivity index (χ3v) is 2.20. The lowest BCUT2D eigenvalue weighted by Crippen LogP contribution is -2.20. The van der Waals surface area contributed by atoms with E-state index >= 15 is 0 Å². The van der Waals surface area contributed by atoms with Crippen molar-refractivity contribution in [1.29, 1.82) is 0 Å². The van der Waals surface area contributed by atoms with Crippen molar-refractivity contribution in [2.24, 2.45) is 5.92 Å². The molecule has 3 nitrogen and oxygen atoms in total. The van der Waals surface area contributed by atoms with E-state index in [1.807, 2.05) is 13.8 Å². The second-order valence-electron chi connectivity index (χ2n) is 3.79. The van der Waals surface area contributed by atoms with Crippen molar-refractivity contribution < 1.29 is 14.3 Å². The van der Waals surface area contributed by atoms with Crippen LogP contribution in [0.1, 0.15) is 46.5 Å². The lowest BCUT2D eigenvalue weighted by Gasteiger charge is -2.10. The summed E-state index contributed by atoms with van der Waals surface area (Å²) in [7, 11) is 0. The third kappa shape index (κ3) is 8.43. The van der Waals surface area contributed by atoms with Crippen molar-refractivity contribution in [3.8, 4) is 0 Å². The van der Waals surface area contributed by atoms with E-state index in [9.17, 15) is 4.79 Å². The number of carbonyl (C=O) groups excluding carboxylic acids is 1. The Labute approximate surface area is 93.1 Å². The fourth-order valence-corrected chi connectivity index (χ4v) is 1.24. The van der Waals surface area contributed by atoms with Gasteiger partial charge in [0.25, 0.3) is 0 Å². The Bertz CT molecular complexity index is 157. The molecule has 0 heterocycles. The molecule has 3 heteroatoms. The van der Waals surface area contributed by atoms with Crippen LogP contribution in [-0.4, -0.2) is 25.8 Å². The van der Waals surface area contributed by atoms with Crippen LogP contribution in [0.15, 0.2) is 0 Å². The molecule has 0 rings (SSSR count). The van der Waals surface area contributed by atoms with Gasteiger partial charge >= 0.3 is 5.97 Å². The van der Waals surface area contributed by atoms with E-state index in [2.05, 4.69) is 6.92 Å². The zero-order chi connectivity index (χ0) is 11.5. The Morgan fingerprint density at radius 3 is 2.53 bits per heavy atom. The molecule has 0 aliphatic heterocycles. The molecule has 0 aromatic carbocycles. The van der Waals surface area contributed by atoms with Gasteiger partial charge in [-0.25, -0.2) is 0 Å². The summed E-state index contributed by atoms with van der Waals surface area (Å²) in [5.74, 6) is -0.304. The highest BCUT2D eigenvalue weighted by Crippen LogP contribution is 2.02. The van der Waals surface area contributed by atoms with E-state index < -0.39 is 0 Å². The number of hydrogen-bond donors (Lipinski definition) is 0. The third-order valence-electron chi connectivity index (χ3n) is 2.20. The van der Waals surface area contributed by atoms with E-state index in [-0.39, 0.29) is 11.9 Å².